The minimum Gasteiger partial charge on any atom is -0.316 e. The van der Waals surface area contributed by atoms with Crippen molar-refractivity contribution in [3.05, 3.63) is 45.2 Å². The Labute approximate surface area is 157 Å². The van der Waals surface area contributed by atoms with E-state index in [4.69, 9.17) is 5.26 Å². The topological polar surface area (TPSA) is 83.6 Å². The van der Waals surface area contributed by atoms with Gasteiger partial charge in [0, 0.05) is 17.8 Å². The van der Waals surface area contributed by atoms with Crippen LogP contribution in [0, 0.1) is 11.3 Å². The van der Waals surface area contributed by atoms with Crippen molar-refractivity contribution in [2.45, 2.75) is 25.0 Å². The SMILES string of the molecule is CCn1c(Cc2cccs2)nnc1SCC(=O)Nc1sccc1C#N. The average molecular weight is 390 g/mol. The lowest BCUT2D eigenvalue weighted by Crippen LogP contribution is -2.14. The highest BCUT2D eigenvalue weighted by Crippen LogP contribution is 2.24. The van der Waals surface area contributed by atoms with Crippen molar-refractivity contribution in [3.63, 3.8) is 0 Å². The minimum absolute atomic E-state index is 0.158. The van der Waals surface area contributed by atoms with Crippen LogP contribution >= 0.6 is 34.4 Å². The number of anilines is 1. The Hall–Kier alpha value is -2.15. The summed E-state index contributed by atoms with van der Waals surface area (Å²) in [7, 11) is 0. The van der Waals surface area contributed by atoms with Crippen LogP contribution < -0.4 is 5.32 Å². The number of hydrogen-bond acceptors (Lipinski definition) is 7. The highest BCUT2D eigenvalue weighted by Gasteiger charge is 2.15. The maximum Gasteiger partial charge on any atom is 0.235 e. The quantitative estimate of drug-likeness (QED) is 0.624. The molecule has 3 aromatic rings. The maximum atomic E-state index is 12.1. The monoisotopic (exact) mass is 389 g/mol. The normalized spacial score (nSPS) is 10.6. The van der Waals surface area contributed by atoms with Crippen molar-refractivity contribution in [2.75, 3.05) is 11.1 Å². The number of aromatic nitrogens is 3. The van der Waals surface area contributed by atoms with E-state index in [0.717, 1.165) is 23.9 Å². The van der Waals surface area contributed by atoms with Gasteiger partial charge in [0.1, 0.15) is 16.9 Å². The summed E-state index contributed by atoms with van der Waals surface area (Å²) in [4.78, 5) is 13.4. The standard InChI is InChI=1S/C16H15N5OS3/c1-2-21-13(8-12-4-3-6-23-12)19-20-16(21)25-10-14(22)18-15-11(9-17)5-7-24-15/h3-7H,2,8,10H2,1H3,(H,18,22). The molecular weight excluding hydrogens is 374 g/mol. The molecule has 0 aromatic carbocycles. The summed E-state index contributed by atoms with van der Waals surface area (Å²) in [6.07, 6.45) is 0.742. The first kappa shape index (κ1) is 17.7. The molecule has 6 nitrogen and oxygen atoms in total. The zero-order chi connectivity index (χ0) is 17.6. The molecule has 0 saturated heterocycles. The molecule has 3 aromatic heterocycles. The number of hydrogen-bond donors (Lipinski definition) is 1. The minimum atomic E-state index is -0.158. The van der Waals surface area contributed by atoms with Gasteiger partial charge in [-0.1, -0.05) is 17.8 Å². The summed E-state index contributed by atoms with van der Waals surface area (Å²) in [6, 6.07) is 7.85. The van der Waals surface area contributed by atoms with E-state index in [0.29, 0.717) is 10.6 Å². The number of thiophene rings is 2. The second kappa shape index (κ2) is 8.29. The van der Waals surface area contributed by atoms with Gasteiger partial charge < -0.3 is 9.88 Å². The van der Waals surface area contributed by atoms with Gasteiger partial charge in [-0.2, -0.15) is 5.26 Å². The van der Waals surface area contributed by atoms with Gasteiger partial charge in [0.05, 0.1) is 11.3 Å². The molecule has 9 heteroatoms. The van der Waals surface area contributed by atoms with Gasteiger partial charge in [-0.25, -0.2) is 0 Å². The lowest BCUT2D eigenvalue weighted by Gasteiger charge is -2.07. The molecule has 3 rings (SSSR count). The first-order chi connectivity index (χ1) is 12.2. The molecule has 0 spiro atoms. The average Bonchev–Trinajstić information content (AvgIpc) is 3.34. The molecular formula is C16H15N5OS3. The fourth-order valence-electron chi connectivity index (χ4n) is 2.23. The molecule has 0 saturated carbocycles. The Kier molecular flexibility index (Phi) is 5.86. The van der Waals surface area contributed by atoms with Gasteiger partial charge in [-0.3, -0.25) is 4.79 Å². The Bertz CT molecular complexity index is 891. The van der Waals surface area contributed by atoms with Gasteiger partial charge in [0.15, 0.2) is 5.16 Å². The summed E-state index contributed by atoms with van der Waals surface area (Å²) in [5.74, 6) is 0.965. The number of carbonyl (C=O) groups excluding carboxylic acids is 1. The van der Waals surface area contributed by atoms with Crippen molar-refractivity contribution < 1.29 is 4.79 Å². The summed E-state index contributed by atoms with van der Waals surface area (Å²) in [5, 5.41) is 25.4. The fraction of sp³-hybridized carbons (Fsp3) is 0.250. The highest BCUT2D eigenvalue weighted by molar-refractivity contribution is 7.99. The second-order valence-corrected chi connectivity index (χ2v) is 7.90. The lowest BCUT2D eigenvalue weighted by atomic mass is 10.3. The summed E-state index contributed by atoms with van der Waals surface area (Å²) in [6.45, 7) is 2.79. The largest absolute Gasteiger partial charge is 0.316 e. The maximum absolute atomic E-state index is 12.1. The van der Waals surface area contributed by atoms with E-state index in [2.05, 4.69) is 27.6 Å². The molecule has 0 aliphatic heterocycles. The molecule has 0 fully saturated rings. The van der Waals surface area contributed by atoms with Crippen molar-refractivity contribution in [1.29, 1.82) is 5.26 Å². The van der Waals surface area contributed by atoms with Crippen LogP contribution in [0.1, 0.15) is 23.2 Å². The third kappa shape index (κ3) is 4.28. The van der Waals surface area contributed by atoms with E-state index >= 15 is 0 Å². The van der Waals surface area contributed by atoms with E-state index in [1.807, 2.05) is 22.9 Å². The smallest absolute Gasteiger partial charge is 0.235 e. The first-order valence-corrected chi connectivity index (χ1v) is 10.3. The molecule has 1 amide bonds. The number of amides is 1. The molecule has 0 unspecified atom stereocenters. The molecule has 3 heterocycles. The van der Waals surface area contributed by atoms with E-state index < -0.39 is 0 Å². The molecule has 25 heavy (non-hydrogen) atoms. The highest BCUT2D eigenvalue weighted by atomic mass is 32.2. The van der Waals surface area contributed by atoms with E-state index in [1.165, 1.54) is 28.0 Å². The third-order valence-corrected chi connectivity index (χ3v) is 6.07. The van der Waals surface area contributed by atoms with Gasteiger partial charge in [0.2, 0.25) is 5.91 Å². The Morgan fingerprint density at radius 1 is 1.36 bits per heavy atom. The zero-order valence-corrected chi connectivity index (χ0v) is 15.9. The predicted octanol–water partition coefficient (Wildman–Crippen LogP) is 3.61. The van der Waals surface area contributed by atoms with E-state index in [9.17, 15) is 4.79 Å². The Morgan fingerprint density at radius 3 is 2.96 bits per heavy atom. The third-order valence-electron chi connectivity index (χ3n) is 3.39. The van der Waals surface area contributed by atoms with Crippen LogP contribution in [0.15, 0.2) is 34.1 Å². The Balaban J connectivity index is 1.62. The van der Waals surface area contributed by atoms with Crippen molar-refractivity contribution in [3.8, 4) is 6.07 Å². The number of nitriles is 1. The number of nitrogens with one attached hydrogen (secondary N) is 1. The van der Waals surface area contributed by atoms with E-state index in [-0.39, 0.29) is 11.7 Å². The second-order valence-electron chi connectivity index (χ2n) is 5.01. The van der Waals surface area contributed by atoms with Crippen LogP contribution in [-0.2, 0) is 17.8 Å². The molecule has 0 radical (unpaired) electrons. The Morgan fingerprint density at radius 2 is 2.24 bits per heavy atom. The van der Waals surface area contributed by atoms with Crippen LogP contribution in [0.25, 0.3) is 0 Å². The summed E-state index contributed by atoms with van der Waals surface area (Å²) >= 11 is 4.39. The van der Waals surface area contributed by atoms with Gasteiger partial charge >= 0.3 is 0 Å². The van der Waals surface area contributed by atoms with E-state index in [1.54, 1.807) is 22.8 Å². The first-order valence-electron chi connectivity index (χ1n) is 7.56. The molecule has 0 bridgehead atoms. The lowest BCUT2D eigenvalue weighted by molar-refractivity contribution is -0.113. The fourth-order valence-corrected chi connectivity index (χ4v) is 4.51. The molecule has 128 valence electrons. The van der Waals surface area contributed by atoms with Crippen LogP contribution in [0.5, 0.6) is 0 Å². The predicted molar refractivity (Wildman–Crippen MR) is 101 cm³/mol. The molecule has 0 atom stereocenters. The van der Waals surface area contributed by atoms with Gasteiger partial charge in [0.25, 0.3) is 0 Å². The van der Waals surface area contributed by atoms with Crippen LogP contribution in [0.3, 0.4) is 0 Å². The van der Waals surface area contributed by atoms with Crippen LogP contribution in [0.4, 0.5) is 5.00 Å². The molecule has 1 N–H and O–H groups in total. The molecule has 0 aliphatic carbocycles. The molecule has 0 aliphatic rings. The van der Waals surface area contributed by atoms with Crippen molar-refractivity contribution in [1.82, 2.24) is 14.8 Å². The van der Waals surface area contributed by atoms with Gasteiger partial charge in [-0.05, 0) is 29.8 Å². The zero-order valence-electron chi connectivity index (χ0n) is 13.4. The van der Waals surface area contributed by atoms with Crippen LogP contribution in [0.2, 0.25) is 0 Å². The number of carbonyl (C=O) groups is 1. The van der Waals surface area contributed by atoms with Crippen molar-refractivity contribution >= 4 is 45.3 Å². The summed E-state index contributed by atoms with van der Waals surface area (Å²) in [5.41, 5.74) is 0.485. The number of thioether (sulfide) groups is 1. The van der Waals surface area contributed by atoms with Gasteiger partial charge in [-0.15, -0.1) is 32.9 Å². The number of nitrogens with zero attached hydrogens (tertiary/aromatic N) is 4. The van der Waals surface area contributed by atoms with Crippen molar-refractivity contribution in [2.24, 2.45) is 0 Å². The summed E-state index contributed by atoms with van der Waals surface area (Å²) < 4.78 is 2.03. The number of rotatable bonds is 7. The van der Waals surface area contributed by atoms with Crippen LogP contribution in [-0.4, -0.2) is 26.4 Å².